The van der Waals surface area contributed by atoms with E-state index in [1.807, 2.05) is 38.1 Å². The highest BCUT2D eigenvalue weighted by Crippen LogP contribution is 2.32. The lowest BCUT2D eigenvalue weighted by Gasteiger charge is -2.25. The monoisotopic (exact) mass is 480 g/mol. The maximum atomic E-state index is 13.4. The van der Waals surface area contributed by atoms with Crippen molar-refractivity contribution < 1.29 is 23.9 Å². The molecule has 1 aliphatic heterocycles. The minimum atomic E-state index is -0.849. The molecule has 35 heavy (non-hydrogen) atoms. The molecular weight excluding hydrogens is 444 g/mol. The Bertz CT molecular complexity index is 1080. The van der Waals surface area contributed by atoms with Crippen molar-refractivity contribution in [1.82, 2.24) is 10.6 Å². The Balaban J connectivity index is 2.13. The first-order valence-corrected chi connectivity index (χ1v) is 12.1. The van der Waals surface area contributed by atoms with Gasteiger partial charge in [0.05, 0.1) is 13.2 Å². The van der Waals surface area contributed by atoms with Crippen LogP contribution < -0.4 is 10.6 Å². The lowest BCUT2D eigenvalue weighted by molar-refractivity contribution is -0.145. The van der Waals surface area contributed by atoms with E-state index in [1.165, 1.54) is 7.11 Å². The van der Waals surface area contributed by atoms with Crippen molar-refractivity contribution in [3.05, 3.63) is 58.7 Å². The molecule has 188 valence electrons. The molecule has 3 rings (SSSR count). The molecule has 7 nitrogen and oxygen atoms in total. The van der Waals surface area contributed by atoms with Gasteiger partial charge >= 0.3 is 5.97 Å². The molecule has 1 aliphatic rings. The zero-order chi connectivity index (χ0) is 25.5. The highest BCUT2D eigenvalue weighted by atomic mass is 16.5. The van der Waals surface area contributed by atoms with E-state index in [-0.39, 0.29) is 18.1 Å². The van der Waals surface area contributed by atoms with Gasteiger partial charge in [0.1, 0.15) is 6.04 Å². The molecule has 0 fully saturated rings. The van der Waals surface area contributed by atoms with Gasteiger partial charge in [-0.05, 0) is 73.2 Å². The molecule has 1 heterocycles. The summed E-state index contributed by atoms with van der Waals surface area (Å²) < 4.78 is 10.1. The molecule has 2 N–H and O–H groups in total. The number of benzene rings is 2. The quantitative estimate of drug-likeness (QED) is 0.486. The fraction of sp³-hybridized carbons (Fsp3) is 0.464. The van der Waals surface area contributed by atoms with Crippen LogP contribution in [0.2, 0.25) is 0 Å². The van der Waals surface area contributed by atoms with Crippen molar-refractivity contribution in [2.24, 2.45) is 5.92 Å². The number of methoxy groups -OCH3 is 2. The number of carbonyl (C=O) groups is 3. The van der Waals surface area contributed by atoms with Gasteiger partial charge in [-0.1, -0.05) is 30.3 Å². The van der Waals surface area contributed by atoms with Crippen LogP contribution >= 0.6 is 0 Å². The zero-order valence-electron chi connectivity index (χ0n) is 21.3. The second-order valence-corrected chi connectivity index (χ2v) is 9.24. The van der Waals surface area contributed by atoms with Crippen molar-refractivity contribution in [2.75, 3.05) is 27.9 Å². The van der Waals surface area contributed by atoms with Crippen LogP contribution in [-0.2, 0) is 30.3 Å². The van der Waals surface area contributed by atoms with Crippen molar-refractivity contribution in [1.29, 1.82) is 0 Å². The summed E-state index contributed by atoms with van der Waals surface area (Å²) in [7, 11) is 4.67. The third-order valence-electron chi connectivity index (χ3n) is 6.76. The largest absolute Gasteiger partial charge is 0.467 e. The fourth-order valence-electron chi connectivity index (χ4n) is 4.73. The number of esters is 1. The minimum absolute atomic E-state index is 0.0580. The van der Waals surface area contributed by atoms with E-state index in [9.17, 15) is 14.4 Å². The average Bonchev–Trinajstić information content (AvgIpc) is 2.84. The number of hydrogen-bond donors (Lipinski definition) is 2. The van der Waals surface area contributed by atoms with Gasteiger partial charge in [-0.2, -0.15) is 0 Å². The van der Waals surface area contributed by atoms with Gasteiger partial charge in [-0.3, -0.25) is 9.59 Å². The molecule has 0 saturated carbocycles. The summed E-state index contributed by atoms with van der Waals surface area (Å²) in [5.74, 6) is -1.49. The van der Waals surface area contributed by atoms with E-state index >= 15 is 0 Å². The number of rotatable bonds is 6. The summed E-state index contributed by atoms with van der Waals surface area (Å²) in [6.07, 6.45) is 1.46. The summed E-state index contributed by atoms with van der Waals surface area (Å²) in [5.41, 5.74) is 6.04. The molecule has 0 unspecified atom stereocenters. The summed E-state index contributed by atoms with van der Waals surface area (Å²) in [6.45, 7) is 4.58. The van der Waals surface area contributed by atoms with Gasteiger partial charge in [0, 0.05) is 32.5 Å². The van der Waals surface area contributed by atoms with Crippen molar-refractivity contribution in [3.8, 4) is 11.1 Å². The van der Waals surface area contributed by atoms with Crippen molar-refractivity contribution >= 4 is 17.7 Å². The number of nitrogens with one attached hydrogen (secondary N) is 2. The Hall–Kier alpha value is -3.03. The highest BCUT2D eigenvalue weighted by Gasteiger charge is 2.31. The van der Waals surface area contributed by atoms with Crippen LogP contribution in [0.5, 0.6) is 0 Å². The molecule has 0 aromatic heterocycles. The van der Waals surface area contributed by atoms with E-state index in [1.54, 1.807) is 14.2 Å². The number of Topliss-reactive ketones (excluding diaryl/α,β-unsaturated/α-hetero) is 1. The zero-order valence-corrected chi connectivity index (χ0v) is 21.3. The second kappa shape index (κ2) is 12.1. The predicted octanol–water partition coefficient (Wildman–Crippen LogP) is 3.45. The molecular formula is C28H36N2O5. The van der Waals surface area contributed by atoms with Crippen LogP contribution in [-0.4, -0.2) is 51.6 Å². The first kappa shape index (κ1) is 26.6. The fourth-order valence-corrected chi connectivity index (χ4v) is 4.73. The number of ether oxygens (including phenoxy) is 2. The maximum Gasteiger partial charge on any atom is 0.328 e. The van der Waals surface area contributed by atoms with Crippen LogP contribution in [0, 0.1) is 19.8 Å². The number of aryl methyl sites for hydroxylation is 2. The summed E-state index contributed by atoms with van der Waals surface area (Å²) in [6, 6.07) is 10.7. The van der Waals surface area contributed by atoms with E-state index < -0.39 is 24.0 Å². The third-order valence-corrected chi connectivity index (χ3v) is 6.76. The number of ketones is 1. The number of fused-ring (bicyclic) bond motifs is 5. The molecule has 4 bridgehead atoms. The molecule has 0 aliphatic carbocycles. The molecule has 3 atom stereocenters. The van der Waals surface area contributed by atoms with E-state index in [2.05, 4.69) is 22.8 Å². The third kappa shape index (κ3) is 6.35. The van der Waals surface area contributed by atoms with Gasteiger partial charge in [0.25, 0.3) is 0 Å². The Kier molecular flexibility index (Phi) is 9.18. The smallest absolute Gasteiger partial charge is 0.328 e. The number of likely N-dealkylation sites (N-methyl/N-ethyl adjacent to an activating group) is 1. The molecule has 2 aromatic rings. The van der Waals surface area contributed by atoms with Gasteiger partial charge in [-0.25, -0.2) is 4.79 Å². The lowest BCUT2D eigenvalue weighted by Crippen LogP contribution is -2.46. The Morgan fingerprint density at radius 3 is 2.37 bits per heavy atom. The Morgan fingerprint density at radius 2 is 1.71 bits per heavy atom. The minimum Gasteiger partial charge on any atom is -0.467 e. The SMILES string of the molecule is CN[C@@H]1C(=O)C[C@@H](CCCOC)C(=O)N[C@H](C(=O)OC)Cc2ccc(C)c(c2)-c2cc1ccc2C. The topological polar surface area (TPSA) is 93.7 Å². The normalized spacial score (nSPS) is 20.7. The second-order valence-electron chi connectivity index (χ2n) is 9.24. The summed E-state index contributed by atoms with van der Waals surface area (Å²) in [5, 5.41) is 6.01. The maximum absolute atomic E-state index is 13.4. The molecule has 0 saturated heterocycles. The van der Waals surface area contributed by atoms with Crippen LogP contribution in [0.15, 0.2) is 36.4 Å². The van der Waals surface area contributed by atoms with Crippen LogP contribution in [0.3, 0.4) is 0 Å². The van der Waals surface area contributed by atoms with Crippen molar-refractivity contribution in [2.45, 2.75) is 51.6 Å². The van der Waals surface area contributed by atoms with E-state index in [4.69, 9.17) is 9.47 Å². The van der Waals surface area contributed by atoms with Crippen LogP contribution in [0.1, 0.15) is 47.6 Å². The highest BCUT2D eigenvalue weighted by molar-refractivity contribution is 5.92. The number of amides is 1. The van der Waals surface area contributed by atoms with Gasteiger partial charge in [0.15, 0.2) is 5.78 Å². The molecule has 0 radical (unpaired) electrons. The summed E-state index contributed by atoms with van der Waals surface area (Å²) in [4.78, 5) is 39.4. The molecule has 7 heteroatoms. The first-order valence-electron chi connectivity index (χ1n) is 12.1. The number of hydrogen-bond acceptors (Lipinski definition) is 6. The van der Waals surface area contributed by atoms with Crippen LogP contribution in [0.4, 0.5) is 0 Å². The average molecular weight is 481 g/mol. The predicted molar refractivity (Wildman–Crippen MR) is 135 cm³/mol. The van der Waals surface area contributed by atoms with Gasteiger partial charge < -0.3 is 20.1 Å². The van der Waals surface area contributed by atoms with Gasteiger partial charge in [0.2, 0.25) is 5.91 Å². The lowest BCUT2D eigenvalue weighted by atomic mass is 9.87. The Labute approximate surface area is 207 Å². The van der Waals surface area contributed by atoms with E-state index in [0.717, 1.165) is 33.4 Å². The molecule has 1 amide bonds. The summed E-state index contributed by atoms with van der Waals surface area (Å²) >= 11 is 0. The molecule has 0 spiro atoms. The molecule has 2 aromatic carbocycles. The first-order chi connectivity index (χ1) is 16.8. The number of carbonyl (C=O) groups excluding carboxylic acids is 3. The van der Waals surface area contributed by atoms with Gasteiger partial charge in [-0.15, -0.1) is 0 Å². The standard InChI is InChI=1S/C28H36N2O5/c1-17-8-10-19-13-22(17)23-15-20(11-9-18(23)2)26(29-3)25(31)16-21(7-6-12-34-4)27(32)30-24(14-19)28(33)35-5/h8-11,13,15,21,24,26,29H,6-7,12,14,16H2,1-5H3,(H,30,32)/t21-,24+,26+/m1/s1. The van der Waals surface area contributed by atoms with Crippen LogP contribution in [0.25, 0.3) is 11.1 Å². The van der Waals surface area contributed by atoms with E-state index in [0.29, 0.717) is 25.9 Å². The van der Waals surface area contributed by atoms with Crippen molar-refractivity contribution in [3.63, 3.8) is 0 Å². The Morgan fingerprint density at radius 1 is 1.03 bits per heavy atom.